The van der Waals surface area contributed by atoms with Crippen LogP contribution in [0.1, 0.15) is 30.8 Å². The highest BCUT2D eigenvalue weighted by Gasteiger charge is 2.30. The first-order valence-electron chi connectivity index (χ1n) is 4.98. The number of nitrogens with zero attached hydrogens (tertiary/aromatic N) is 1. The van der Waals surface area contributed by atoms with Gasteiger partial charge in [0.15, 0.2) is 16.8 Å². The number of nitrogens with one attached hydrogen (secondary N) is 1. The standard InChI is InChI=1S/C10H14ClN3O3/c1-3-10(2,9(12)14-16)13-8(15)6-4-5-7(11)17-6/h4-5,16H,3H2,1-2H3,(H2,12,14)(H,13,15). The Labute approximate surface area is 103 Å². The molecule has 1 aromatic heterocycles. The Morgan fingerprint density at radius 1 is 1.71 bits per heavy atom. The number of oxime groups is 1. The summed E-state index contributed by atoms with van der Waals surface area (Å²) < 4.78 is 4.96. The molecule has 4 N–H and O–H groups in total. The quantitative estimate of drug-likeness (QED) is 0.331. The van der Waals surface area contributed by atoms with Gasteiger partial charge in [0.25, 0.3) is 5.91 Å². The van der Waals surface area contributed by atoms with Crippen LogP contribution < -0.4 is 11.1 Å². The molecule has 6 nitrogen and oxygen atoms in total. The van der Waals surface area contributed by atoms with Gasteiger partial charge in [0.1, 0.15) is 0 Å². The minimum absolute atomic E-state index is 0.0698. The zero-order valence-corrected chi connectivity index (χ0v) is 10.3. The van der Waals surface area contributed by atoms with Gasteiger partial charge in [0.2, 0.25) is 0 Å². The van der Waals surface area contributed by atoms with Crippen LogP contribution >= 0.6 is 11.6 Å². The van der Waals surface area contributed by atoms with E-state index in [2.05, 4.69) is 10.5 Å². The SMILES string of the molecule is CCC(C)(NC(=O)c1ccc(Cl)o1)/C(N)=N/O. The number of carbonyl (C=O) groups is 1. The minimum Gasteiger partial charge on any atom is -0.440 e. The topological polar surface area (TPSA) is 101 Å². The number of furan rings is 1. The maximum absolute atomic E-state index is 11.8. The molecular weight excluding hydrogens is 246 g/mol. The second-order valence-corrected chi connectivity index (χ2v) is 4.10. The molecule has 7 heteroatoms. The van der Waals surface area contributed by atoms with Crippen molar-refractivity contribution in [1.29, 1.82) is 0 Å². The van der Waals surface area contributed by atoms with Crippen LogP contribution in [0, 0.1) is 0 Å². The predicted molar refractivity (Wildman–Crippen MR) is 63.3 cm³/mol. The van der Waals surface area contributed by atoms with Gasteiger partial charge in [-0.1, -0.05) is 12.1 Å². The van der Waals surface area contributed by atoms with Crippen molar-refractivity contribution in [3.8, 4) is 0 Å². The molecule has 0 aromatic carbocycles. The van der Waals surface area contributed by atoms with Crippen LogP contribution in [0.4, 0.5) is 0 Å². The van der Waals surface area contributed by atoms with E-state index in [1.54, 1.807) is 13.8 Å². The third-order valence-corrected chi connectivity index (χ3v) is 2.77. The molecule has 0 aliphatic heterocycles. The van der Waals surface area contributed by atoms with Crippen molar-refractivity contribution in [2.24, 2.45) is 10.9 Å². The number of amides is 1. The molecule has 1 heterocycles. The van der Waals surface area contributed by atoms with Gasteiger partial charge < -0.3 is 20.7 Å². The van der Waals surface area contributed by atoms with Crippen molar-refractivity contribution in [1.82, 2.24) is 5.32 Å². The Morgan fingerprint density at radius 2 is 2.35 bits per heavy atom. The largest absolute Gasteiger partial charge is 0.440 e. The van der Waals surface area contributed by atoms with E-state index in [1.807, 2.05) is 0 Å². The van der Waals surface area contributed by atoms with Gasteiger partial charge in [-0.25, -0.2) is 0 Å². The highest BCUT2D eigenvalue weighted by Crippen LogP contribution is 2.15. The van der Waals surface area contributed by atoms with Crippen molar-refractivity contribution in [2.45, 2.75) is 25.8 Å². The molecule has 0 saturated carbocycles. The van der Waals surface area contributed by atoms with E-state index in [0.29, 0.717) is 6.42 Å². The van der Waals surface area contributed by atoms with Crippen LogP contribution in [0.15, 0.2) is 21.7 Å². The summed E-state index contributed by atoms with van der Waals surface area (Å²) in [6.45, 7) is 3.44. The minimum atomic E-state index is -0.939. The fourth-order valence-corrected chi connectivity index (χ4v) is 1.34. The van der Waals surface area contributed by atoms with Crippen molar-refractivity contribution >= 4 is 23.3 Å². The van der Waals surface area contributed by atoms with E-state index in [4.69, 9.17) is 27.0 Å². The summed E-state index contributed by atoms with van der Waals surface area (Å²) in [7, 11) is 0. The van der Waals surface area contributed by atoms with Crippen LogP contribution in [0.3, 0.4) is 0 Å². The Kier molecular flexibility index (Phi) is 4.01. The summed E-state index contributed by atoms with van der Waals surface area (Å²) in [5.74, 6) is -0.487. The highest BCUT2D eigenvalue weighted by atomic mass is 35.5. The maximum Gasteiger partial charge on any atom is 0.287 e. The van der Waals surface area contributed by atoms with E-state index in [1.165, 1.54) is 12.1 Å². The maximum atomic E-state index is 11.8. The smallest absolute Gasteiger partial charge is 0.287 e. The summed E-state index contributed by atoms with van der Waals surface area (Å²) in [6, 6.07) is 2.91. The summed E-state index contributed by atoms with van der Waals surface area (Å²) in [4.78, 5) is 11.8. The summed E-state index contributed by atoms with van der Waals surface area (Å²) in [6.07, 6.45) is 0.461. The first-order valence-corrected chi connectivity index (χ1v) is 5.36. The highest BCUT2D eigenvalue weighted by molar-refractivity contribution is 6.29. The molecule has 0 spiro atoms. The normalized spacial score (nSPS) is 15.4. The third-order valence-electron chi connectivity index (χ3n) is 2.57. The molecule has 1 rings (SSSR count). The second kappa shape index (κ2) is 5.09. The number of amidine groups is 1. The van der Waals surface area contributed by atoms with E-state index in [9.17, 15) is 4.79 Å². The van der Waals surface area contributed by atoms with Crippen LogP contribution in [-0.2, 0) is 0 Å². The lowest BCUT2D eigenvalue weighted by Crippen LogP contribution is -2.55. The molecule has 1 unspecified atom stereocenters. The van der Waals surface area contributed by atoms with Gasteiger partial charge in [-0.05, 0) is 37.1 Å². The van der Waals surface area contributed by atoms with Crippen molar-refractivity contribution in [3.63, 3.8) is 0 Å². The van der Waals surface area contributed by atoms with Gasteiger partial charge in [-0.2, -0.15) is 0 Å². The van der Waals surface area contributed by atoms with Gasteiger partial charge in [-0.15, -0.1) is 0 Å². The molecule has 1 atom stereocenters. The number of nitrogens with two attached hydrogens (primary N) is 1. The Balaban J connectivity index is 2.86. The van der Waals surface area contributed by atoms with E-state index in [0.717, 1.165) is 0 Å². The van der Waals surface area contributed by atoms with Crippen LogP contribution in [0.5, 0.6) is 0 Å². The van der Waals surface area contributed by atoms with Crippen molar-refractivity contribution < 1.29 is 14.4 Å². The van der Waals surface area contributed by atoms with Crippen molar-refractivity contribution in [3.05, 3.63) is 23.1 Å². The first kappa shape index (κ1) is 13.4. The Bertz CT molecular complexity index is 444. The van der Waals surface area contributed by atoms with Crippen LogP contribution in [-0.4, -0.2) is 22.5 Å². The fourth-order valence-electron chi connectivity index (χ4n) is 1.19. The molecule has 17 heavy (non-hydrogen) atoms. The molecule has 0 fully saturated rings. The van der Waals surface area contributed by atoms with Gasteiger partial charge in [-0.3, -0.25) is 4.79 Å². The number of hydrogen-bond donors (Lipinski definition) is 3. The molecule has 0 saturated heterocycles. The lowest BCUT2D eigenvalue weighted by Gasteiger charge is -2.27. The second-order valence-electron chi connectivity index (χ2n) is 3.73. The number of hydrogen-bond acceptors (Lipinski definition) is 4. The average Bonchev–Trinajstić information content (AvgIpc) is 2.74. The molecule has 0 aliphatic rings. The third kappa shape index (κ3) is 2.91. The van der Waals surface area contributed by atoms with Gasteiger partial charge >= 0.3 is 0 Å². The molecule has 1 aromatic rings. The lowest BCUT2D eigenvalue weighted by molar-refractivity contribution is 0.0896. The molecule has 0 aliphatic carbocycles. The monoisotopic (exact) mass is 259 g/mol. The van der Waals surface area contributed by atoms with Crippen LogP contribution in [0.25, 0.3) is 0 Å². The molecule has 1 amide bonds. The lowest BCUT2D eigenvalue weighted by atomic mass is 9.97. The van der Waals surface area contributed by atoms with Crippen molar-refractivity contribution in [2.75, 3.05) is 0 Å². The number of carbonyl (C=O) groups excluding carboxylic acids is 1. The molecule has 0 bridgehead atoms. The number of rotatable bonds is 4. The van der Waals surface area contributed by atoms with E-state index < -0.39 is 11.4 Å². The molecular formula is C10H14ClN3O3. The van der Waals surface area contributed by atoms with Crippen LogP contribution in [0.2, 0.25) is 5.22 Å². The summed E-state index contributed by atoms with van der Waals surface area (Å²) in [5.41, 5.74) is 4.58. The number of halogens is 1. The summed E-state index contributed by atoms with van der Waals surface area (Å²) in [5, 5.41) is 14.3. The Morgan fingerprint density at radius 3 is 2.76 bits per heavy atom. The fraction of sp³-hybridized carbons (Fsp3) is 0.400. The Hall–Kier alpha value is -1.69. The first-order chi connectivity index (χ1) is 7.92. The summed E-state index contributed by atoms with van der Waals surface area (Å²) >= 11 is 5.56. The van der Waals surface area contributed by atoms with E-state index >= 15 is 0 Å². The molecule has 0 radical (unpaired) electrons. The zero-order chi connectivity index (χ0) is 13.1. The average molecular weight is 260 g/mol. The van der Waals surface area contributed by atoms with Gasteiger partial charge in [0, 0.05) is 0 Å². The van der Waals surface area contributed by atoms with E-state index in [-0.39, 0.29) is 16.8 Å². The van der Waals surface area contributed by atoms with Gasteiger partial charge in [0.05, 0.1) is 5.54 Å². The zero-order valence-electron chi connectivity index (χ0n) is 9.53. The predicted octanol–water partition coefficient (Wildman–Crippen LogP) is 1.58. The molecule has 94 valence electrons.